The monoisotopic (exact) mass is 627 g/mol. The van der Waals surface area contributed by atoms with Crippen LogP contribution in [-0.4, -0.2) is 11.3 Å². The van der Waals surface area contributed by atoms with Crippen molar-refractivity contribution in [2.45, 2.75) is 44.9 Å². The van der Waals surface area contributed by atoms with Crippen LogP contribution in [0.15, 0.2) is 65.8 Å². The summed E-state index contributed by atoms with van der Waals surface area (Å²) in [5.41, 5.74) is 0.752. The number of pyridine rings is 1. The maximum atomic E-state index is 14.5. The molecule has 3 aromatic rings. The van der Waals surface area contributed by atoms with Gasteiger partial charge in [-0.3, -0.25) is 4.98 Å². The van der Waals surface area contributed by atoms with E-state index in [1.54, 1.807) is 12.3 Å². The summed E-state index contributed by atoms with van der Waals surface area (Å²) in [4.78, 5) is 6.37. The molecule has 1 heterocycles. The molecule has 2 aromatic carbocycles. The summed E-state index contributed by atoms with van der Waals surface area (Å²) < 4.78 is 97.4. The van der Waals surface area contributed by atoms with E-state index in [-0.39, 0.29) is 5.56 Å². The Balaban J connectivity index is 1.39. The van der Waals surface area contributed by atoms with E-state index in [1.165, 1.54) is 49.9 Å². The first-order valence-electron chi connectivity index (χ1n) is 12.7. The summed E-state index contributed by atoms with van der Waals surface area (Å²) in [5.74, 6) is -9.47. The van der Waals surface area contributed by atoms with E-state index < -0.39 is 40.9 Å². The van der Waals surface area contributed by atoms with Crippen LogP contribution in [0.1, 0.15) is 37.7 Å². The fourth-order valence-electron chi connectivity index (χ4n) is 4.79. The van der Waals surface area contributed by atoms with Gasteiger partial charge in [0.05, 0.1) is 11.3 Å². The predicted octanol–water partition coefficient (Wildman–Crippen LogP) is 10.1. The molecule has 0 radical (unpaired) electrons. The van der Waals surface area contributed by atoms with Gasteiger partial charge in [-0.2, -0.15) is 8.78 Å². The van der Waals surface area contributed by atoms with Gasteiger partial charge in [-0.1, -0.05) is 64.5 Å². The van der Waals surface area contributed by atoms with Gasteiger partial charge in [0.15, 0.2) is 11.6 Å². The number of hydrogen-bond donors (Lipinski definition) is 0. The average molecular weight is 628 g/mol. The third-order valence-corrected chi connectivity index (χ3v) is 7.21. The normalized spacial score (nSPS) is 18.1. The van der Waals surface area contributed by atoms with E-state index in [1.807, 2.05) is 11.1 Å². The highest BCUT2D eigenvalue weighted by molar-refractivity contribution is 9.11. The van der Waals surface area contributed by atoms with Gasteiger partial charge in [0.1, 0.15) is 0 Å². The number of hydrogen-bond acceptors (Lipinski definition) is 2. The van der Waals surface area contributed by atoms with Crippen LogP contribution in [0.4, 0.5) is 30.7 Å². The lowest BCUT2D eigenvalue weighted by molar-refractivity contribution is -0.276. The van der Waals surface area contributed by atoms with E-state index in [2.05, 4.69) is 43.9 Å². The third-order valence-electron chi connectivity index (χ3n) is 6.90. The Morgan fingerprint density at radius 3 is 1.90 bits per heavy atom. The molecule has 0 saturated heterocycles. The van der Waals surface area contributed by atoms with Crippen molar-refractivity contribution in [3.05, 3.63) is 94.6 Å². The first-order valence-corrected chi connectivity index (χ1v) is 13.6. The van der Waals surface area contributed by atoms with E-state index in [0.29, 0.717) is 23.1 Å². The quantitative estimate of drug-likeness (QED) is 0.141. The first kappa shape index (κ1) is 29.8. The zero-order valence-corrected chi connectivity index (χ0v) is 22.7. The van der Waals surface area contributed by atoms with Crippen LogP contribution in [0.2, 0.25) is 0 Å². The van der Waals surface area contributed by atoms with Crippen molar-refractivity contribution in [3.63, 3.8) is 0 Å². The third kappa shape index (κ3) is 7.33. The van der Waals surface area contributed by atoms with Gasteiger partial charge in [-0.25, -0.2) is 8.78 Å². The van der Waals surface area contributed by atoms with Gasteiger partial charge in [0, 0.05) is 11.8 Å². The molecule has 0 spiro atoms. The van der Waals surface area contributed by atoms with Crippen LogP contribution < -0.4 is 4.74 Å². The molecular weight excluding hydrogens is 603 g/mol. The molecule has 2 nitrogen and oxygen atoms in total. The SMILES string of the molecule is Fc1c(F)c(-c2ccc(-c3ccc(CCC=CC4CCC(C=CBr)CC4)cn3)cc2)c(F)c(F)c1OC(F)(F)F. The second kappa shape index (κ2) is 13.0. The second-order valence-corrected chi connectivity index (χ2v) is 10.1. The number of allylic oxidation sites excluding steroid dienone is 3. The lowest BCUT2D eigenvalue weighted by atomic mass is 9.82. The zero-order chi connectivity index (χ0) is 28.9. The van der Waals surface area contributed by atoms with Crippen LogP contribution in [-0.2, 0) is 6.42 Å². The number of halogens is 8. The molecule has 1 fully saturated rings. The van der Waals surface area contributed by atoms with Crippen molar-refractivity contribution in [3.8, 4) is 28.1 Å². The average Bonchev–Trinajstić information content (AvgIpc) is 2.94. The minimum Gasteiger partial charge on any atom is -0.399 e. The summed E-state index contributed by atoms with van der Waals surface area (Å²) >= 11 is 3.34. The Kier molecular flexibility index (Phi) is 9.71. The smallest absolute Gasteiger partial charge is 0.399 e. The molecule has 10 heteroatoms. The summed E-state index contributed by atoms with van der Waals surface area (Å²) in [6.07, 6.45) is 9.40. The van der Waals surface area contributed by atoms with Gasteiger partial charge in [0.2, 0.25) is 17.4 Å². The highest BCUT2D eigenvalue weighted by Crippen LogP contribution is 2.38. The number of nitrogens with zero attached hydrogens (tertiary/aromatic N) is 1. The highest BCUT2D eigenvalue weighted by Gasteiger charge is 2.37. The van der Waals surface area contributed by atoms with E-state index >= 15 is 0 Å². The molecule has 0 unspecified atom stereocenters. The largest absolute Gasteiger partial charge is 0.573 e. The van der Waals surface area contributed by atoms with Crippen LogP contribution in [0, 0.1) is 35.1 Å². The van der Waals surface area contributed by atoms with Gasteiger partial charge in [-0.05, 0) is 72.5 Å². The van der Waals surface area contributed by atoms with Crippen molar-refractivity contribution < 1.29 is 35.5 Å². The molecule has 40 heavy (non-hydrogen) atoms. The molecule has 0 bridgehead atoms. The summed E-state index contributed by atoms with van der Waals surface area (Å²) in [7, 11) is 0. The summed E-state index contributed by atoms with van der Waals surface area (Å²) in [6, 6.07) is 8.99. The number of ether oxygens (including phenoxy) is 1. The topological polar surface area (TPSA) is 22.1 Å². The number of rotatable bonds is 8. The van der Waals surface area contributed by atoms with Crippen LogP contribution in [0.5, 0.6) is 5.75 Å². The van der Waals surface area contributed by atoms with Crippen molar-refractivity contribution in [1.29, 1.82) is 0 Å². The Hall–Kier alpha value is -3.14. The molecule has 212 valence electrons. The maximum Gasteiger partial charge on any atom is 0.573 e. The van der Waals surface area contributed by atoms with Crippen LogP contribution in [0.3, 0.4) is 0 Å². The predicted molar refractivity (Wildman–Crippen MR) is 143 cm³/mol. The summed E-state index contributed by atoms with van der Waals surface area (Å²) in [5, 5.41) is 0. The zero-order valence-electron chi connectivity index (χ0n) is 21.1. The van der Waals surface area contributed by atoms with Crippen molar-refractivity contribution in [1.82, 2.24) is 4.98 Å². The molecule has 0 atom stereocenters. The number of benzene rings is 2. The van der Waals surface area contributed by atoms with Crippen molar-refractivity contribution in [2.75, 3.05) is 0 Å². The number of aromatic nitrogens is 1. The Labute approximate surface area is 235 Å². The first-order chi connectivity index (χ1) is 19.1. The second-order valence-electron chi connectivity index (χ2n) is 9.60. The van der Waals surface area contributed by atoms with Gasteiger partial charge in [-0.15, -0.1) is 13.2 Å². The number of aryl methyl sites for hydroxylation is 1. The standard InChI is InChI=1S/C30H25BrF7NO/c31-16-15-19-7-5-18(6-8-19)3-1-2-4-20-9-14-23(39-17-20)21-10-12-22(13-11-21)24-25(32)27(34)29(28(35)26(24)33)40-30(36,37)38/h1,3,9-19H,2,4-8H2. The molecular formula is C30H25BrF7NO. The molecule has 1 aliphatic rings. The fraction of sp³-hybridized carbons (Fsp3) is 0.300. The lowest BCUT2D eigenvalue weighted by Crippen LogP contribution is -2.20. The van der Waals surface area contributed by atoms with Crippen LogP contribution in [0.25, 0.3) is 22.4 Å². The highest BCUT2D eigenvalue weighted by atomic mass is 79.9. The van der Waals surface area contributed by atoms with E-state index in [4.69, 9.17) is 0 Å². The van der Waals surface area contributed by atoms with Crippen LogP contribution >= 0.6 is 15.9 Å². The van der Waals surface area contributed by atoms with Gasteiger partial charge in [0.25, 0.3) is 0 Å². The minimum absolute atomic E-state index is 0.272. The lowest BCUT2D eigenvalue weighted by Gasteiger charge is -2.24. The maximum absolute atomic E-state index is 14.5. The van der Waals surface area contributed by atoms with Gasteiger partial charge < -0.3 is 4.74 Å². The molecule has 1 aliphatic carbocycles. The molecule has 0 amide bonds. The van der Waals surface area contributed by atoms with Crippen molar-refractivity contribution in [2.24, 2.45) is 11.8 Å². The van der Waals surface area contributed by atoms with Crippen molar-refractivity contribution >= 4 is 15.9 Å². The fourth-order valence-corrected chi connectivity index (χ4v) is 5.22. The Bertz CT molecular complexity index is 1330. The minimum atomic E-state index is -5.53. The molecule has 4 rings (SSSR count). The van der Waals surface area contributed by atoms with E-state index in [0.717, 1.165) is 18.4 Å². The molecule has 0 aliphatic heterocycles. The van der Waals surface area contributed by atoms with Gasteiger partial charge >= 0.3 is 6.36 Å². The number of alkyl halides is 3. The van der Waals surface area contributed by atoms with E-state index in [9.17, 15) is 30.7 Å². The Morgan fingerprint density at radius 1 is 0.800 bits per heavy atom. The molecule has 1 saturated carbocycles. The molecule has 0 N–H and O–H groups in total. The summed E-state index contributed by atoms with van der Waals surface area (Å²) in [6.45, 7) is 0. The Morgan fingerprint density at radius 2 is 1.38 bits per heavy atom. The molecule has 1 aromatic heterocycles.